The SMILES string of the molecule is COCC1CCN(c2ccc(-c3nc(COc4ccccc4)no3)cn2)C1. The van der Waals surface area contributed by atoms with E-state index in [1.165, 1.54) is 0 Å². The smallest absolute Gasteiger partial charge is 0.259 e. The molecule has 4 rings (SSSR count). The van der Waals surface area contributed by atoms with Gasteiger partial charge in [-0.1, -0.05) is 23.4 Å². The van der Waals surface area contributed by atoms with Crippen molar-refractivity contribution in [2.24, 2.45) is 5.92 Å². The van der Waals surface area contributed by atoms with Crippen LogP contribution in [0.15, 0.2) is 53.2 Å². The van der Waals surface area contributed by atoms with E-state index in [1.54, 1.807) is 13.3 Å². The fourth-order valence-corrected chi connectivity index (χ4v) is 3.21. The van der Waals surface area contributed by atoms with Crippen LogP contribution in [-0.2, 0) is 11.3 Å². The van der Waals surface area contributed by atoms with Crippen LogP contribution >= 0.6 is 0 Å². The minimum atomic E-state index is 0.258. The second-order valence-electron chi connectivity index (χ2n) is 6.58. The summed E-state index contributed by atoms with van der Waals surface area (Å²) in [6.45, 7) is 3.03. The van der Waals surface area contributed by atoms with Gasteiger partial charge in [0.25, 0.3) is 5.89 Å². The van der Waals surface area contributed by atoms with Gasteiger partial charge < -0.3 is 18.9 Å². The lowest BCUT2D eigenvalue weighted by atomic mass is 10.1. The van der Waals surface area contributed by atoms with E-state index in [1.807, 2.05) is 42.5 Å². The summed E-state index contributed by atoms with van der Waals surface area (Å²) in [5.74, 6) is 3.25. The van der Waals surface area contributed by atoms with Gasteiger partial charge in [0.05, 0.1) is 12.2 Å². The van der Waals surface area contributed by atoms with Crippen LogP contribution < -0.4 is 9.64 Å². The summed E-state index contributed by atoms with van der Waals surface area (Å²) < 4.78 is 16.2. The van der Waals surface area contributed by atoms with E-state index in [-0.39, 0.29) is 6.61 Å². The third kappa shape index (κ3) is 4.25. The summed E-state index contributed by atoms with van der Waals surface area (Å²) in [6, 6.07) is 13.5. The summed E-state index contributed by atoms with van der Waals surface area (Å²) in [5, 5.41) is 3.97. The van der Waals surface area contributed by atoms with Gasteiger partial charge in [-0.15, -0.1) is 0 Å². The van der Waals surface area contributed by atoms with Gasteiger partial charge in [0.2, 0.25) is 5.82 Å². The lowest BCUT2D eigenvalue weighted by molar-refractivity contribution is 0.161. The Morgan fingerprint density at radius 2 is 2.07 bits per heavy atom. The number of methoxy groups -OCH3 is 1. The average molecular weight is 366 g/mol. The Morgan fingerprint density at radius 1 is 1.19 bits per heavy atom. The Hall–Kier alpha value is -2.93. The first kappa shape index (κ1) is 17.5. The van der Waals surface area contributed by atoms with E-state index in [4.69, 9.17) is 14.0 Å². The zero-order valence-electron chi connectivity index (χ0n) is 15.2. The van der Waals surface area contributed by atoms with Gasteiger partial charge in [-0.25, -0.2) is 4.98 Å². The molecule has 0 amide bonds. The van der Waals surface area contributed by atoms with E-state index < -0.39 is 0 Å². The summed E-state index contributed by atoms with van der Waals surface area (Å²) in [4.78, 5) is 11.2. The second-order valence-corrected chi connectivity index (χ2v) is 6.58. The van der Waals surface area contributed by atoms with Crippen molar-refractivity contribution in [3.05, 3.63) is 54.5 Å². The third-order valence-electron chi connectivity index (χ3n) is 4.59. The monoisotopic (exact) mass is 366 g/mol. The Kier molecular flexibility index (Phi) is 5.29. The van der Waals surface area contributed by atoms with Crippen molar-refractivity contribution < 1.29 is 14.0 Å². The molecule has 0 saturated carbocycles. The first-order valence-corrected chi connectivity index (χ1v) is 9.02. The largest absolute Gasteiger partial charge is 0.485 e. The first-order chi connectivity index (χ1) is 13.3. The maximum atomic E-state index is 5.64. The van der Waals surface area contributed by atoms with E-state index in [0.29, 0.717) is 17.6 Å². The lowest BCUT2D eigenvalue weighted by Crippen LogP contribution is -2.21. The van der Waals surface area contributed by atoms with E-state index in [0.717, 1.165) is 43.2 Å². The van der Waals surface area contributed by atoms with Crippen molar-refractivity contribution in [2.45, 2.75) is 13.0 Å². The maximum absolute atomic E-state index is 5.64. The minimum absolute atomic E-state index is 0.258. The molecule has 0 spiro atoms. The molecule has 27 heavy (non-hydrogen) atoms. The van der Waals surface area contributed by atoms with Crippen LogP contribution in [0.3, 0.4) is 0 Å². The molecule has 1 fully saturated rings. The molecule has 1 saturated heterocycles. The minimum Gasteiger partial charge on any atom is -0.485 e. The zero-order chi connectivity index (χ0) is 18.5. The fourth-order valence-electron chi connectivity index (χ4n) is 3.21. The highest BCUT2D eigenvalue weighted by molar-refractivity contribution is 5.54. The fraction of sp³-hybridized carbons (Fsp3) is 0.350. The van der Waals surface area contributed by atoms with Crippen LogP contribution in [0.5, 0.6) is 5.75 Å². The molecule has 0 N–H and O–H groups in total. The third-order valence-corrected chi connectivity index (χ3v) is 4.59. The Balaban J connectivity index is 1.37. The standard InChI is InChI=1S/C20H22N4O3/c1-25-13-15-9-10-24(12-15)19-8-7-16(11-21-19)20-22-18(23-27-20)14-26-17-5-3-2-4-6-17/h2-8,11,15H,9-10,12-14H2,1H3. The molecule has 3 aromatic rings. The van der Waals surface area contributed by atoms with Gasteiger partial charge in [-0.05, 0) is 30.7 Å². The van der Waals surface area contributed by atoms with E-state index >= 15 is 0 Å². The van der Waals surface area contributed by atoms with Crippen LogP contribution in [0.4, 0.5) is 5.82 Å². The highest BCUT2D eigenvalue weighted by atomic mass is 16.5. The predicted molar refractivity (Wildman–Crippen MR) is 100 cm³/mol. The van der Waals surface area contributed by atoms with Crippen molar-refractivity contribution in [3.63, 3.8) is 0 Å². The van der Waals surface area contributed by atoms with Crippen molar-refractivity contribution >= 4 is 5.82 Å². The number of para-hydroxylation sites is 1. The molecule has 1 aliphatic rings. The average Bonchev–Trinajstić information content (AvgIpc) is 3.37. The molecule has 1 aromatic carbocycles. The molecule has 0 aliphatic carbocycles. The molecular weight excluding hydrogens is 344 g/mol. The van der Waals surface area contributed by atoms with Crippen LogP contribution in [0.25, 0.3) is 11.5 Å². The predicted octanol–water partition coefficient (Wildman–Crippen LogP) is 3.18. The molecule has 140 valence electrons. The Bertz CT molecular complexity index is 851. The molecule has 7 nitrogen and oxygen atoms in total. The normalized spacial score (nSPS) is 16.6. The molecule has 1 aliphatic heterocycles. The number of hydrogen-bond acceptors (Lipinski definition) is 7. The second kappa shape index (κ2) is 8.18. The lowest BCUT2D eigenvalue weighted by Gasteiger charge is -2.17. The van der Waals surface area contributed by atoms with Gasteiger partial charge in [0.15, 0.2) is 6.61 Å². The van der Waals surface area contributed by atoms with Crippen molar-refractivity contribution in [1.82, 2.24) is 15.1 Å². The summed E-state index contributed by atoms with van der Waals surface area (Å²) >= 11 is 0. The topological polar surface area (TPSA) is 73.5 Å². The quantitative estimate of drug-likeness (QED) is 0.636. The summed E-state index contributed by atoms with van der Waals surface area (Å²) in [5.41, 5.74) is 0.796. The number of benzene rings is 1. The van der Waals surface area contributed by atoms with Crippen LogP contribution in [-0.4, -0.2) is 41.9 Å². The molecule has 3 heterocycles. The van der Waals surface area contributed by atoms with Crippen LogP contribution in [0.2, 0.25) is 0 Å². The van der Waals surface area contributed by atoms with E-state index in [2.05, 4.69) is 20.0 Å². The number of hydrogen-bond donors (Lipinski definition) is 0. The number of pyridine rings is 1. The van der Waals surface area contributed by atoms with Crippen molar-refractivity contribution in [1.29, 1.82) is 0 Å². The molecule has 7 heteroatoms. The summed E-state index contributed by atoms with van der Waals surface area (Å²) in [7, 11) is 1.75. The van der Waals surface area contributed by atoms with E-state index in [9.17, 15) is 0 Å². The Labute approximate surface area is 157 Å². The van der Waals surface area contributed by atoms with Crippen molar-refractivity contribution in [2.75, 3.05) is 31.7 Å². The Morgan fingerprint density at radius 3 is 2.85 bits per heavy atom. The molecular formula is C20H22N4O3. The van der Waals surface area contributed by atoms with Gasteiger partial charge in [-0.3, -0.25) is 0 Å². The van der Waals surface area contributed by atoms with Gasteiger partial charge >= 0.3 is 0 Å². The molecule has 1 unspecified atom stereocenters. The highest BCUT2D eigenvalue weighted by Crippen LogP contribution is 2.24. The maximum Gasteiger partial charge on any atom is 0.259 e. The summed E-state index contributed by atoms with van der Waals surface area (Å²) in [6.07, 6.45) is 2.90. The van der Waals surface area contributed by atoms with Gasteiger partial charge in [-0.2, -0.15) is 4.98 Å². The number of nitrogens with zero attached hydrogens (tertiary/aromatic N) is 4. The number of ether oxygens (including phenoxy) is 2. The zero-order valence-corrected chi connectivity index (χ0v) is 15.2. The molecule has 1 atom stereocenters. The molecule has 0 radical (unpaired) electrons. The van der Waals surface area contributed by atoms with Crippen molar-refractivity contribution in [3.8, 4) is 17.2 Å². The highest BCUT2D eigenvalue weighted by Gasteiger charge is 2.23. The van der Waals surface area contributed by atoms with Gasteiger partial charge in [0, 0.05) is 32.3 Å². The number of rotatable bonds is 7. The number of aromatic nitrogens is 3. The molecule has 0 bridgehead atoms. The number of anilines is 1. The first-order valence-electron chi connectivity index (χ1n) is 9.02. The van der Waals surface area contributed by atoms with Crippen LogP contribution in [0.1, 0.15) is 12.2 Å². The van der Waals surface area contributed by atoms with Crippen LogP contribution in [0, 0.1) is 5.92 Å². The van der Waals surface area contributed by atoms with Gasteiger partial charge in [0.1, 0.15) is 11.6 Å². The molecule has 2 aromatic heterocycles.